The smallest absolute Gasteiger partial charge is 0.319 e. The number of anilines is 1. The molecule has 1 fully saturated rings. The summed E-state index contributed by atoms with van der Waals surface area (Å²) in [4.78, 5) is 53.4. The zero-order valence-electron chi connectivity index (χ0n) is 21.4. The van der Waals surface area contributed by atoms with Gasteiger partial charge in [-0.25, -0.2) is 4.90 Å². The number of esters is 1. The van der Waals surface area contributed by atoms with Crippen LogP contribution in [0.3, 0.4) is 0 Å². The van der Waals surface area contributed by atoms with E-state index in [1.807, 2.05) is 37.3 Å². The Hall–Kier alpha value is -4.79. The van der Waals surface area contributed by atoms with Gasteiger partial charge in [-0.15, -0.1) is 0 Å². The second-order valence-corrected chi connectivity index (χ2v) is 10.1. The normalized spacial score (nSPS) is 23.4. The fraction of sp³-hybridized carbons (Fsp3) is 0.233. The van der Waals surface area contributed by atoms with E-state index in [2.05, 4.69) is 0 Å². The zero-order valence-corrected chi connectivity index (χ0v) is 21.4. The van der Waals surface area contributed by atoms with Crippen molar-refractivity contribution in [2.45, 2.75) is 19.8 Å². The van der Waals surface area contributed by atoms with E-state index in [0.717, 1.165) is 16.0 Å². The Kier molecular flexibility index (Phi) is 5.60. The molecule has 1 aliphatic carbocycles. The number of non-ortho nitro benzene ring substituents is 1. The highest BCUT2D eigenvalue weighted by Crippen LogP contribution is 2.55. The van der Waals surface area contributed by atoms with Crippen LogP contribution in [0.2, 0.25) is 0 Å². The van der Waals surface area contributed by atoms with Gasteiger partial charge in [0.2, 0.25) is 11.8 Å². The van der Waals surface area contributed by atoms with E-state index in [4.69, 9.17) is 9.47 Å². The number of nitro groups is 1. The minimum Gasteiger partial charge on any atom is -0.497 e. The Morgan fingerprint density at radius 2 is 1.64 bits per heavy atom. The molecule has 2 heterocycles. The third kappa shape index (κ3) is 3.72. The van der Waals surface area contributed by atoms with Crippen molar-refractivity contribution in [1.82, 2.24) is 0 Å². The van der Waals surface area contributed by atoms with Crippen LogP contribution in [-0.2, 0) is 14.4 Å². The molecule has 3 aliphatic rings. The lowest BCUT2D eigenvalue weighted by Crippen LogP contribution is -2.42. The number of rotatable bonds is 4. The van der Waals surface area contributed by atoms with Crippen molar-refractivity contribution < 1.29 is 28.8 Å². The predicted octanol–water partition coefficient (Wildman–Crippen LogP) is 4.74. The van der Waals surface area contributed by atoms with Crippen LogP contribution in [0, 0.1) is 41.7 Å². The fourth-order valence-corrected chi connectivity index (χ4v) is 6.06. The molecule has 2 aliphatic heterocycles. The fourth-order valence-electron chi connectivity index (χ4n) is 6.06. The average molecular weight is 525 g/mol. The molecular weight excluding hydrogens is 500 g/mol. The van der Waals surface area contributed by atoms with Gasteiger partial charge in [-0.3, -0.25) is 24.5 Å². The number of benzene rings is 3. The van der Waals surface area contributed by atoms with Crippen LogP contribution in [0.25, 0.3) is 5.57 Å². The number of aryl methyl sites for hydroxylation is 2. The zero-order chi connectivity index (χ0) is 27.6. The number of carbonyl (C=O) groups excluding carboxylic acids is 3. The lowest BCUT2D eigenvalue weighted by Gasteiger charge is -2.38. The molecule has 0 unspecified atom stereocenters. The molecule has 1 saturated heterocycles. The highest BCUT2D eigenvalue weighted by Gasteiger charge is 2.60. The van der Waals surface area contributed by atoms with Crippen LogP contribution < -0.4 is 14.4 Å². The summed E-state index contributed by atoms with van der Waals surface area (Å²) >= 11 is 0. The number of carbonyl (C=O) groups is 3. The Morgan fingerprint density at radius 3 is 2.31 bits per heavy atom. The number of amides is 2. The van der Waals surface area contributed by atoms with Crippen molar-refractivity contribution in [2.24, 2.45) is 17.8 Å². The van der Waals surface area contributed by atoms with Gasteiger partial charge in [0.25, 0.3) is 5.69 Å². The molecule has 0 spiro atoms. The minimum atomic E-state index is -0.999. The number of ether oxygens (including phenoxy) is 2. The number of hydrogen-bond donors (Lipinski definition) is 0. The van der Waals surface area contributed by atoms with Crippen LogP contribution >= 0.6 is 0 Å². The lowest BCUT2D eigenvalue weighted by atomic mass is 9.64. The summed E-state index contributed by atoms with van der Waals surface area (Å²) < 4.78 is 11.0. The molecule has 2 amide bonds. The highest BCUT2D eigenvalue weighted by atomic mass is 16.6. The number of imide groups is 1. The highest BCUT2D eigenvalue weighted by molar-refractivity contribution is 6.25. The van der Waals surface area contributed by atoms with Gasteiger partial charge >= 0.3 is 5.97 Å². The molecule has 6 rings (SSSR count). The first-order chi connectivity index (χ1) is 18.7. The maximum atomic E-state index is 14.1. The van der Waals surface area contributed by atoms with Crippen LogP contribution in [0.15, 0.2) is 66.7 Å². The van der Waals surface area contributed by atoms with Gasteiger partial charge in [-0.05, 0) is 60.4 Å². The second kappa shape index (κ2) is 8.90. The largest absolute Gasteiger partial charge is 0.497 e. The van der Waals surface area contributed by atoms with Crippen LogP contribution in [-0.4, -0.2) is 29.8 Å². The van der Waals surface area contributed by atoms with Crippen LogP contribution in [0.5, 0.6) is 11.5 Å². The minimum absolute atomic E-state index is 0.143. The molecule has 3 aromatic carbocycles. The summed E-state index contributed by atoms with van der Waals surface area (Å²) in [5, 5.41) is 11.3. The predicted molar refractivity (Wildman–Crippen MR) is 141 cm³/mol. The van der Waals surface area contributed by atoms with Gasteiger partial charge in [0, 0.05) is 23.6 Å². The molecule has 9 heteroatoms. The van der Waals surface area contributed by atoms with E-state index in [1.165, 1.54) is 18.2 Å². The van der Waals surface area contributed by atoms with Crippen molar-refractivity contribution in [3.05, 3.63) is 99.1 Å². The SMILES string of the molecule is COc1ccc([C@@H]2C=C3c4ccc(C)cc4OC(=O)[C@@H]3[C@@H]3C(=O)N(c4ccc([N+](=O)[O-])cc4C)C(=O)[C@@H]32)cc1. The molecule has 3 aromatic rings. The topological polar surface area (TPSA) is 116 Å². The second-order valence-electron chi connectivity index (χ2n) is 10.1. The average Bonchev–Trinajstić information content (AvgIpc) is 3.17. The van der Waals surface area contributed by atoms with Gasteiger partial charge in [-0.2, -0.15) is 0 Å². The van der Waals surface area contributed by atoms with E-state index in [-0.39, 0.29) is 11.4 Å². The van der Waals surface area contributed by atoms with E-state index >= 15 is 0 Å². The third-order valence-electron chi connectivity index (χ3n) is 7.88. The Balaban J connectivity index is 1.53. The van der Waals surface area contributed by atoms with Gasteiger partial charge in [0.05, 0.1) is 35.5 Å². The molecule has 9 nitrogen and oxygen atoms in total. The van der Waals surface area contributed by atoms with Crippen molar-refractivity contribution in [1.29, 1.82) is 0 Å². The molecule has 0 bridgehead atoms. The van der Waals surface area contributed by atoms with Gasteiger partial charge < -0.3 is 9.47 Å². The summed E-state index contributed by atoms with van der Waals surface area (Å²) in [6.45, 7) is 3.51. The van der Waals surface area contributed by atoms with E-state index < -0.39 is 46.4 Å². The van der Waals surface area contributed by atoms with Crippen LogP contribution in [0.4, 0.5) is 11.4 Å². The number of nitrogens with zero attached hydrogens (tertiary/aromatic N) is 2. The van der Waals surface area contributed by atoms with Gasteiger partial charge in [0.1, 0.15) is 11.5 Å². The number of allylic oxidation sites excluding steroid dienone is 1. The number of nitro benzene ring substituents is 1. The molecular formula is C30H24N2O7. The van der Waals surface area contributed by atoms with E-state index in [9.17, 15) is 24.5 Å². The standard InChI is InChI=1S/C30H24N2O7/c1-15-4-10-20-22-14-21(17-5-8-19(38-3)9-6-17)25-27(26(22)30(35)39-24(20)12-15)29(34)31(28(25)33)23-11-7-18(32(36)37)13-16(23)2/h4-14,21,25-27H,1-3H3/t21-,25+,26-,27+/m0/s1. The van der Waals surface area contributed by atoms with Crippen molar-refractivity contribution in [3.63, 3.8) is 0 Å². The Labute approximate surface area is 223 Å². The first kappa shape index (κ1) is 24.5. The molecule has 0 N–H and O–H groups in total. The quantitative estimate of drug-likeness (QED) is 0.159. The monoisotopic (exact) mass is 524 g/mol. The molecule has 0 saturated carbocycles. The molecule has 0 aromatic heterocycles. The Morgan fingerprint density at radius 1 is 0.923 bits per heavy atom. The molecule has 4 atom stereocenters. The van der Waals surface area contributed by atoms with Crippen molar-refractivity contribution >= 4 is 34.7 Å². The molecule has 0 radical (unpaired) electrons. The van der Waals surface area contributed by atoms with Crippen LogP contribution in [0.1, 0.15) is 28.2 Å². The summed E-state index contributed by atoms with van der Waals surface area (Å²) in [5.74, 6) is -3.82. The summed E-state index contributed by atoms with van der Waals surface area (Å²) in [6, 6.07) is 16.9. The lowest BCUT2D eigenvalue weighted by molar-refractivity contribution is -0.384. The third-order valence-corrected chi connectivity index (χ3v) is 7.88. The molecule has 196 valence electrons. The number of methoxy groups -OCH3 is 1. The van der Waals surface area contributed by atoms with Crippen molar-refractivity contribution in [2.75, 3.05) is 12.0 Å². The van der Waals surface area contributed by atoms with Crippen molar-refractivity contribution in [3.8, 4) is 11.5 Å². The maximum absolute atomic E-state index is 14.1. The summed E-state index contributed by atoms with van der Waals surface area (Å²) in [6.07, 6.45) is 1.92. The summed E-state index contributed by atoms with van der Waals surface area (Å²) in [5.41, 5.74) is 3.63. The summed E-state index contributed by atoms with van der Waals surface area (Å²) in [7, 11) is 1.56. The maximum Gasteiger partial charge on any atom is 0.319 e. The first-order valence-electron chi connectivity index (χ1n) is 12.5. The van der Waals surface area contributed by atoms with Gasteiger partial charge in [-0.1, -0.05) is 30.3 Å². The van der Waals surface area contributed by atoms with E-state index in [1.54, 1.807) is 32.2 Å². The van der Waals surface area contributed by atoms with Gasteiger partial charge in [0.15, 0.2) is 0 Å². The molecule has 39 heavy (non-hydrogen) atoms. The first-order valence-corrected chi connectivity index (χ1v) is 12.5. The Bertz CT molecular complexity index is 1610. The number of fused-ring (bicyclic) bond motifs is 5. The van der Waals surface area contributed by atoms with E-state index in [0.29, 0.717) is 28.2 Å². The number of hydrogen-bond acceptors (Lipinski definition) is 7.